The molecule has 0 radical (unpaired) electrons. The van der Waals surface area contributed by atoms with E-state index in [1.54, 1.807) is 11.8 Å². The Balaban J connectivity index is 1.84. The van der Waals surface area contributed by atoms with Gasteiger partial charge < -0.3 is 20.2 Å². The lowest BCUT2D eigenvalue weighted by Crippen LogP contribution is -2.21. The smallest absolute Gasteiger partial charge is 0.166 e. The average molecular weight is 279 g/mol. The van der Waals surface area contributed by atoms with E-state index < -0.39 is 0 Å². The summed E-state index contributed by atoms with van der Waals surface area (Å²) < 4.78 is 11.1. The number of aromatic amines is 1. The minimum atomic E-state index is 0.207. The van der Waals surface area contributed by atoms with Gasteiger partial charge in [-0.3, -0.25) is 0 Å². The molecule has 1 aliphatic rings. The maximum atomic E-state index is 5.91. The molecule has 1 aromatic heterocycles. The van der Waals surface area contributed by atoms with Crippen molar-refractivity contribution in [2.75, 3.05) is 19.0 Å². The minimum Gasteiger partial charge on any atom is -0.486 e. The topological polar surface area (TPSA) is 73.2 Å². The first-order chi connectivity index (χ1) is 9.26. The van der Waals surface area contributed by atoms with Gasteiger partial charge in [-0.25, -0.2) is 4.98 Å². The number of nitrogens with two attached hydrogens (primary N) is 1. The molecule has 1 aliphatic heterocycles. The number of hydrogen-bond donors (Lipinski definition) is 2. The van der Waals surface area contributed by atoms with Crippen LogP contribution in [0.25, 0.3) is 11.0 Å². The van der Waals surface area contributed by atoms with Crippen LogP contribution in [0.3, 0.4) is 0 Å². The van der Waals surface area contributed by atoms with Crippen LogP contribution in [0.4, 0.5) is 0 Å². The molecular weight excluding hydrogens is 262 g/mol. The third-order valence-electron chi connectivity index (χ3n) is 3.08. The fraction of sp³-hybridized carbons (Fsp3) is 0.462. The van der Waals surface area contributed by atoms with Gasteiger partial charge in [0.1, 0.15) is 13.2 Å². The Morgan fingerprint density at radius 3 is 2.84 bits per heavy atom. The van der Waals surface area contributed by atoms with Crippen molar-refractivity contribution in [2.24, 2.45) is 5.73 Å². The van der Waals surface area contributed by atoms with Gasteiger partial charge in [-0.05, 0) is 6.42 Å². The molecule has 102 valence electrons. The van der Waals surface area contributed by atoms with Crippen LogP contribution in [0.15, 0.2) is 17.3 Å². The summed E-state index contributed by atoms with van der Waals surface area (Å²) in [7, 11) is 0. The molecule has 1 aromatic carbocycles. The van der Waals surface area contributed by atoms with Crippen molar-refractivity contribution in [3.05, 3.63) is 12.1 Å². The first kappa shape index (κ1) is 12.6. The molecule has 0 saturated heterocycles. The molecular formula is C13H17N3O2S. The van der Waals surface area contributed by atoms with Crippen LogP contribution in [0, 0.1) is 0 Å². The van der Waals surface area contributed by atoms with Gasteiger partial charge in [0, 0.05) is 23.9 Å². The Morgan fingerprint density at radius 1 is 1.37 bits per heavy atom. The van der Waals surface area contributed by atoms with Crippen LogP contribution in [-0.2, 0) is 0 Å². The van der Waals surface area contributed by atoms with Gasteiger partial charge in [-0.15, -0.1) is 0 Å². The van der Waals surface area contributed by atoms with Crippen molar-refractivity contribution < 1.29 is 9.47 Å². The zero-order valence-corrected chi connectivity index (χ0v) is 11.6. The highest BCUT2D eigenvalue weighted by Crippen LogP contribution is 2.34. The van der Waals surface area contributed by atoms with Gasteiger partial charge >= 0.3 is 0 Å². The predicted molar refractivity (Wildman–Crippen MR) is 76.1 cm³/mol. The number of thioether (sulfide) groups is 1. The van der Waals surface area contributed by atoms with E-state index in [1.807, 2.05) is 12.1 Å². The standard InChI is InChI=1S/C13H17N3O2S/c1-2-8(14)7-19-13-15-9-5-11-12(6-10(9)16-13)18-4-3-17-11/h5-6,8H,2-4,7,14H2,1H3,(H,15,16). The summed E-state index contributed by atoms with van der Waals surface area (Å²) in [5.74, 6) is 2.42. The van der Waals surface area contributed by atoms with Gasteiger partial charge in [0.15, 0.2) is 16.7 Å². The highest BCUT2D eigenvalue weighted by molar-refractivity contribution is 7.99. The van der Waals surface area contributed by atoms with Crippen molar-refractivity contribution in [1.82, 2.24) is 9.97 Å². The van der Waals surface area contributed by atoms with E-state index in [9.17, 15) is 0 Å². The second kappa shape index (κ2) is 5.30. The van der Waals surface area contributed by atoms with E-state index in [0.29, 0.717) is 13.2 Å². The predicted octanol–water partition coefficient (Wildman–Crippen LogP) is 2.16. The fourth-order valence-electron chi connectivity index (χ4n) is 1.90. The number of H-pyrrole nitrogens is 1. The Bertz CT molecular complexity index is 542. The van der Waals surface area contributed by atoms with Crippen molar-refractivity contribution in [1.29, 1.82) is 0 Å². The van der Waals surface area contributed by atoms with E-state index in [1.165, 1.54) is 0 Å². The van der Waals surface area contributed by atoms with Crippen molar-refractivity contribution >= 4 is 22.8 Å². The second-order valence-electron chi connectivity index (χ2n) is 4.53. The highest BCUT2D eigenvalue weighted by atomic mass is 32.2. The van der Waals surface area contributed by atoms with Gasteiger partial charge in [-0.1, -0.05) is 18.7 Å². The number of hydrogen-bond acceptors (Lipinski definition) is 5. The first-order valence-corrected chi connectivity index (χ1v) is 7.42. The maximum Gasteiger partial charge on any atom is 0.166 e. The van der Waals surface area contributed by atoms with Gasteiger partial charge in [0.25, 0.3) is 0 Å². The van der Waals surface area contributed by atoms with Crippen molar-refractivity contribution in [3.8, 4) is 11.5 Å². The Hall–Kier alpha value is -1.40. The third-order valence-corrected chi connectivity index (χ3v) is 4.14. The summed E-state index contributed by atoms with van der Waals surface area (Å²) in [6, 6.07) is 4.07. The van der Waals surface area contributed by atoms with Gasteiger partial charge in [-0.2, -0.15) is 0 Å². The largest absolute Gasteiger partial charge is 0.486 e. The molecule has 0 fully saturated rings. The zero-order chi connectivity index (χ0) is 13.2. The number of rotatable bonds is 4. The van der Waals surface area contributed by atoms with Crippen molar-refractivity contribution in [3.63, 3.8) is 0 Å². The Labute approximate surface area is 115 Å². The summed E-state index contributed by atoms with van der Waals surface area (Å²) in [5, 5.41) is 0.890. The van der Waals surface area contributed by atoms with Gasteiger partial charge in [0.05, 0.1) is 11.0 Å². The fourth-order valence-corrected chi connectivity index (χ4v) is 2.85. The lowest BCUT2D eigenvalue weighted by atomic mass is 10.2. The van der Waals surface area contributed by atoms with E-state index in [2.05, 4.69) is 16.9 Å². The molecule has 19 heavy (non-hydrogen) atoms. The summed E-state index contributed by atoms with van der Waals surface area (Å²) in [6.07, 6.45) is 0.975. The zero-order valence-electron chi connectivity index (χ0n) is 10.8. The van der Waals surface area contributed by atoms with Crippen LogP contribution in [0.5, 0.6) is 11.5 Å². The van der Waals surface area contributed by atoms with Crippen LogP contribution in [-0.4, -0.2) is 35.0 Å². The molecule has 0 spiro atoms. The van der Waals surface area contributed by atoms with Crippen LogP contribution < -0.4 is 15.2 Å². The Kier molecular flexibility index (Phi) is 3.52. The number of nitrogens with zero attached hydrogens (tertiary/aromatic N) is 1. The molecule has 1 atom stereocenters. The molecule has 0 saturated carbocycles. The molecule has 3 N–H and O–H groups in total. The van der Waals surface area contributed by atoms with Gasteiger partial charge in [0.2, 0.25) is 0 Å². The van der Waals surface area contributed by atoms with E-state index in [-0.39, 0.29) is 6.04 Å². The van der Waals surface area contributed by atoms with E-state index in [0.717, 1.165) is 39.9 Å². The summed E-state index contributed by atoms with van der Waals surface area (Å²) in [6.45, 7) is 3.28. The molecule has 1 unspecified atom stereocenters. The summed E-state index contributed by atoms with van der Waals surface area (Å²) >= 11 is 1.65. The summed E-state index contributed by atoms with van der Waals surface area (Å²) in [4.78, 5) is 7.83. The maximum absolute atomic E-state index is 5.91. The molecule has 0 amide bonds. The monoisotopic (exact) mass is 279 g/mol. The molecule has 0 bridgehead atoms. The van der Waals surface area contributed by atoms with Crippen molar-refractivity contribution in [2.45, 2.75) is 24.5 Å². The average Bonchev–Trinajstić information content (AvgIpc) is 2.83. The van der Waals surface area contributed by atoms with Crippen LogP contribution in [0.2, 0.25) is 0 Å². The molecule has 5 nitrogen and oxygen atoms in total. The highest BCUT2D eigenvalue weighted by Gasteiger charge is 2.15. The Morgan fingerprint density at radius 2 is 2.11 bits per heavy atom. The molecule has 2 heterocycles. The molecule has 3 rings (SSSR count). The minimum absolute atomic E-state index is 0.207. The van der Waals surface area contributed by atoms with E-state index in [4.69, 9.17) is 15.2 Å². The number of nitrogens with one attached hydrogen (secondary N) is 1. The quantitative estimate of drug-likeness (QED) is 0.839. The summed E-state index contributed by atoms with van der Waals surface area (Å²) in [5.41, 5.74) is 7.78. The molecule has 6 heteroatoms. The lowest BCUT2D eigenvalue weighted by Gasteiger charge is -2.17. The SMILES string of the molecule is CCC(N)CSc1nc2cc3c(cc2[nH]1)OCCO3. The number of benzene rings is 1. The number of imidazole rings is 1. The number of fused-ring (bicyclic) bond motifs is 2. The third kappa shape index (κ3) is 2.64. The molecule has 2 aromatic rings. The number of ether oxygens (including phenoxy) is 2. The van der Waals surface area contributed by atoms with Crippen LogP contribution >= 0.6 is 11.8 Å². The molecule has 0 aliphatic carbocycles. The normalized spacial score (nSPS) is 15.7. The van der Waals surface area contributed by atoms with Crippen LogP contribution in [0.1, 0.15) is 13.3 Å². The lowest BCUT2D eigenvalue weighted by molar-refractivity contribution is 0.172. The number of aromatic nitrogens is 2. The van der Waals surface area contributed by atoms with E-state index >= 15 is 0 Å². The second-order valence-corrected chi connectivity index (χ2v) is 5.54. The first-order valence-electron chi connectivity index (χ1n) is 6.44.